The first-order valence-electron chi connectivity index (χ1n) is 6.74. The molecule has 0 aromatic heterocycles. The van der Waals surface area contributed by atoms with Crippen molar-refractivity contribution < 1.29 is 9.13 Å². The van der Waals surface area contributed by atoms with E-state index in [0.717, 1.165) is 5.56 Å². The Kier molecular flexibility index (Phi) is 4.57. The second-order valence-electron chi connectivity index (χ2n) is 6.04. The van der Waals surface area contributed by atoms with Gasteiger partial charge in [0.15, 0.2) is 5.75 Å². The summed E-state index contributed by atoms with van der Waals surface area (Å²) < 4.78 is 19.4. The van der Waals surface area contributed by atoms with Crippen LogP contribution in [0.4, 0.5) is 10.1 Å². The van der Waals surface area contributed by atoms with Gasteiger partial charge in [-0.2, -0.15) is 0 Å². The summed E-state index contributed by atoms with van der Waals surface area (Å²) >= 11 is 3.26. The fraction of sp³-hybridized carbons (Fsp3) is 0.294. The number of nitrogen functional groups attached to an aromatic ring is 1. The van der Waals surface area contributed by atoms with Crippen molar-refractivity contribution >= 4 is 21.6 Å². The summed E-state index contributed by atoms with van der Waals surface area (Å²) in [6, 6.07) is 10.9. The van der Waals surface area contributed by atoms with Gasteiger partial charge in [0.2, 0.25) is 0 Å². The molecule has 0 saturated carbocycles. The Morgan fingerprint density at radius 3 is 2.29 bits per heavy atom. The SMILES string of the molecule is CC(C)(C)c1ccc(COc2c(N)cc(F)cc2Br)cc1. The third kappa shape index (κ3) is 3.97. The summed E-state index contributed by atoms with van der Waals surface area (Å²) in [6.45, 7) is 6.91. The molecule has 0 aliphatic rings. The van der Waals surface area contributed by atoms with E-state index in [0.29, 0.717) is 16.8 Å². The van der Waals surface area contributed by atoms with Crippen molar-refractivity contribution in [3.05, 3.63) is 57.8 Å². The van der Waals surface area contributed by atoms with Gasteiger partial charge < -0.3 is 10.5 Å². The van der Waals surface area contributed by atoms with Crippen LogP contribution in [0.25, 0.3) is 0 Å². The van der Waals surface area contributed by atoms with E-state index in [9.17, 15) is 4.39 Å². The number of benzene rings is 2. The minimum absolute atomic E-state index is 0.129. The van der Waals surface area contributed by atoms with E-state index in [1.54, 1.807) is 0 Å². The predicted molar refractivity (Wildman–Crippen MR) is 88.0 cm³/mol. The molecule has 0 radical (unpaired) electrons. The van der Waals surface area contributed by atoms with Crippen molar-refractivity contribution in [1.82, 2.24) is 0 Å². The van der Waals surface area contributed by atoms with Crippen LogP contribution < -0.4 is 10.5 Å². The van der Waals surface area contributed by atoms with Gasteiger partial charge in [0.1, 0.15) is 12.4 Å². The Morgan fingerprint density at radius 2 is 1.76 bits per heavy atom. The average molecular weight is 352 g/mol. The molecule has 0 heterocycles. The van der Waals surface area contributed by atoms with Crippen molar-refractivity contribution in [2.45, 2.75) is 32.8 Å². The second kappa shape index (κ2) is 6.06. The lowest BCUT2D eigenvalue weighted by molar-refractivity contribution is 0.305. The molecule has 2 rings (SSSR count). The smallest absolute Gasteiger partial charge is 0.157 e. The third-order valence-electron chi connectivity index (χ3n) is 3.24. The number of rotatable bonds is 3. The molecule has 2 N–H and O–H groups in total. The van der Waals surface area contributed by atoms with Crippen LogP contribution in [0.5, 0.6) is 5.75 Å². The molecule has 112 valence electrons. The Morgan fingerprint density at radius 1 is 1.14 bits per heavy atom. The molecule has 0 aliphatic carbocycles. The minimum atomic E-state index is -0.388. The molecule has 0 atom stereocenters. The first kappa shape index (κ1) is 15.8. The van der Waals surface area contributed by atoms with E-state index in [4.69, 9.17) is 10.5 Å². The third-order valence-corrected chi connectivity index (χ3v) is 3.83. The largest absolute Gasteiger partial charge is 0.486 e. The van der Waals surface area contributed by atoms with Gasteiger partial charge in [0.05, 0.1) is 10.2 Å². The number of ether oxygens (including phenoxy) is 1. The van der Waals surface area contributed by atoms with E-state index in [1.165, 1.54) is 17.7 Å². The highest BCUT2D eigenvalue weighted by Gasteiger charge is 2.13. The van der Waals surface area contributed by atoms with Crippen LogP contribution in [0.2, 0.25) is 0 Å². The molecular formula is C17H19BrFNO. The summed E-state index contributed by atoms with van der Waals surface area (Å²) in [4.78, 5) is 0. The molecule has 2 aromatic rings. The van der Waals surface area contributed by atoms with Crippen LogP contribution in [-0.4, -0.2) is 0 Å². The molecule has 21 heavy (non-hydrogen) atoms. The molecule has 0 unspecified atom stereocenters. The lowest BCUT2D eigenvalue weighted by atomic mass is 9.87. The Balaban J connectivity index is 2.10. The minimum Gasteiger partial charge on any atom is -0.486 e. The van der Waals surface area contributed by atoms with Crippen LogP contribution in [0.15, 0.2) is 40.9 Å². The number of halogens is 2. The fourth-order valence-corrected chi connectivity index (χ4v) is 2.55. The quantitative estimate of drug-likeness (QED) is 0.785. The molecule has 0 saturated heterocycles. The zero-order valence-corrected chi connectivity index (χ0v) is 14.0. The van der Waals surface area contributed by atoms with Gasteiger partial charge in [-0.3, -0.25) is 0 Å². The summed E-state index contributed by atoms with van der Waals surface area (Å²) in [5.74, 6) is 0.0811. The van der Waals surface area contributed by atoms with Crippen molar-refractivity contribution in [3.63, 3.8) is 0 Å². The van der Waals surface area contributed by atoms with Crippen molar-refractivity contribution in [2.24, 2.45) is 0 Å². The molecule has 0 amide bonds. The summed E-state index contributed by atoms with van der Waals surface area (Å²) in [5, 5.41) is 0. The van der Waals surface area contributed by atoms with Crippen LogP contribution in [0, 0.1) is 5.82 Å². The first-order valence-corrected chi connectivity index (χ1v) is 7.53. The molecular weight excluding hydrogens is 333 g/mol. The van der Waals surface area contributed by atoms with Crippen molar-refractivity contribution in [3.8, 4) is 5.75 Å². The zero-order chi connectivity index (χ0) is 15.6. The second-order valence-corrected chi connectivity index (χ2v) is 6.90. The molecule has 2 nitrogen and oxygen atoms in total. The molecule has 0 spiro atoms. The normalized spacial score (nSPS) is 11.5. The van der Waals surface area contributed by atoms with E-state index in [2.05, 4.69) is 48.8 Å². The van der Waals surface area contributed by atoms with Gasteiger partial charge in [-0.15, -0.1) is 0 Å². The molecule has 0 bridgehead atoms. The van der Waals surface area contributed by atoms with Crippen LogP contribution in [0.3, 0.4) is 0 Å². The van der Waals surface area contributed by atoms with E-state index < -0.39 is 0 Å². The number of nitrogens with two attached hydrogens (primary N) is 1. The van der Waals surface area contributed by atoms with Gasteiger partial charge in [-0.1, -0.05) is 45.0 Å². The lowest BCUT2D eigenvalue weighted by Crippen LogP contribution is -2.10. The predicted octanol–water partition coefficient (Wildman–Crippen LogP) is 5.05. The summed E-state index contributed by atoms with van der Waals surface area (Å²) in [7, 11) is 0. The summed E-state index contributed by atoms with van der Waals surface area (Å²) in [5.41, 5.74) is 8.50. The average Bonchev–Trinajstić information content (AvgIpc) is 2.37. The number of anilines is 1. The monoisotopic (exact) mass is 351 g/mol. The maximum Gasteiger partial charge on any atom is 0.157 e. The van der Waals surface area contributed by atoms with Gasteiger partial charge in [0, 0.05) is 6.07 Å². The van der Waals surface area contributed by atoms with Crippen LogP contribution >= 0.6 is 15.9 Å². The van der Waals surface area contributed by atoms with Crippen molar-refractivity contribution in [1.29, 1.82) is 0 Å². The zero-order valence-electron chi connectivity index (χ0n) is 12.4. The van der Waals surface area contributed by atoms with Crippen LogP contribution in [0.1, 0.15) is 31.9 Å². The van der Waals surface area contributed by atoms with E-state index >= 15 is 0 Å². The van der Waals surface area contributed by atoms with Crippen molar-refractivity contribution in [2.75, 3.05) is 5.73 Å². The standard InChI is InChI=1S/C17H19BrFNO/c1-17(2,3)12-6-4-11(5-7-12)10-21-16-14(18)8-13(19)9-15(16)20/h4-9H,10,20H2,1-3H3. The number of hydrogen-bond donors (Lipinski definition) is 1. The lowest BCUT2D eigenvalue weighted by Gasteiger charge is -2.19. The highest BCUT2D eigenvalue weighted by molar-refractivity contribution is 9.10. The first-order chi connectivity index (χ1) is 9.77. The number of hydrogen-bond acceptors (Lipinski definition) is 2. The topological polar surface area (TPSA) is 35.2 Å². The van der Waals surface area contributed by atoms with Gasteiger partial charge >= 0.3 is 0 Å². The van der Waals surface area contributed by atoms with Gasteiger partial charge in [-0.05, 0) is 38.5 Å². The van der Waals surface area contributed by atoms with E-state index in [-0.39, 0.29) is 16.9 Å². The van der Waals surface area contributed by atoms with Gasteiger partial charge in [0.25, 0.3) is 0 Å². The highest BCUT2D eigenvalue weighted by atomic mass is 79.9. The molecule has 0 fully saturated rings. The summed E-state index contributed by atoms with van der Waals surface area (Å²) in [6.07, 6.45) is 0. The Hall–Kier alpha value is -1.55. The molecule has 0 aliphatic heterocycles. The Labute approximate surface area is 133 Å². The molecule has 2 aromatic carbocycles. The van der Waals surface area contributed by atoms with E-state index in [1.807, 2.05) is 12.1 Å². The Bertz CT molecular complexity index is 609. The van der Waals surface area contributed by atoms with Gasteiger partial charge in [-0.25, -0.2) is 4.39 Å². The van der Waals surface area contributed by atoms with Crippen LogP contribution in [-0.2, 0) is 12.0 Å². The maximum absolute atomic E-state index is 13.2. The maximum atomic E-state index is 13.2. The fourth-order valence-electron chi connectivity index (χ4n) is 1.99. The highest BCUT2D eigenvalue weighted by Crippen LogP contribution is 2.33. The molecule has 4 heteroatoms.